The van der Waals surface area contributed by atoms with Gasteiger partial charge in [-0.25, -0.2) is 0 Å². The first kappa shape index (κ1) is 22.7. The van der Waals surface area contributed by atoms with Crippen molar-refractivity contribution in [3.63, 3.8) is 0 Å². The molecule has 0 aliphatic carbocycles. The molecule has 0 saturated heterocycles. The monoisotopic (exact) mass is 416 g/mol. The van der Waals surface area contributed by atoms with Crippen molar-refractivity contribution in [1.82, 2.24) is 0 Å². The summed E-state index contributed by atoms with van der Waals surface area (Å²) in [4.78, 5) is 1.36. The number of hydrogen-bond donors (Lipinski definition) is 0. The van der Waals surface area contributed by atoms with Crippen LogP contribution in [0.2, 0.25) is 0 Å². The smallest absolute Gasteiger partial charge is 0.0173 e. The first-order valence-corrected chi connectivity index (χ1v) is 12.1. The number of hydrogen-bond acceptors (Lipinski definition) is 1. The molecule has 0 aliphatic heterocycles. The average Bonchev–Trinajstić information content (AvgIpc) is 2.79. The van der Waals surface area contributed by atoms with Gasteiger partial charge in [0.1, 0.15) is 0 Å². The Hall–Kier alpha value is -1.99. The van der Waals surface area contributed by atoms with Crippen LogP contribution in [0.1, 0.15) is 66.4 Å². The number of thioether (sulfide) groups is 1. The van der Waals surface area contributed by atoms with Crippen LogP contribution >= 0.6 is 11.8 Å². The van der Waals surface area contributed by atoms with Crippen LogP contribution in [0.4, 0.5) is 0 Å². The molecule has 0 saturated carbocycles. The van der Waals surface area contributed by atoms with Gasteiger partial charge in [-0.2, -0.15) is 0 Å². The maximum Gasteiger partial charge on any atom is 0.0173 e. The molecule has 0 spiro atoms. The molecular formula is C29H36S. The Balaban J connectivity index is 1.74. The topological polar surface area (TPSA) is 0 Å². The minimum Gasteiger partial charge on any atom is -0.120 e. The second-order valence-corrected chi connectivity index (χ2v) is 10.8. The summed E-state index contributed by atoms with van der Waals surface area (Å²) in [6.45, 7) is 13.8. The second kappa shape index (κ2) is 9.43. The van der Waals surface area contributed by atoms with Gasteiger partial charge in [-0.1, -0.05) is 102 Å². The fraction of sp³-hybridized carbons (Fsp3) is 0.379. The van der Waals surface area contributed by atoms with Crippen molar-refractivity contribution in [3.8, 4) is 22.3 Å². The SMILES string of the molecule is CCC(C)(CC)Sc1ccc(-c2ccc(-c3ccc(C(C)(C)CC)cc3)cc2)cc1. The van der Waals surface area contributed by atoms with Crippen molar-refractivity contribution in [1.29, 1.82) is 0 Å². The summed E-state index contributed by atoms with van der Waals surface area (Å²) in [6, 6.07) is 27.1. The Labute approximate surface area is 188 Å². The quantitative estimate of drug-likeness (QED) is 0.329. The van der Waals surface area contributed by atoms with Crippen molar-refractivity contribution in [2.75, 3.05) is 0 Å². The van der Waals surface area contributed by atoms with Gasteiger partial charge in [0.2, 0.25) is 0 Å². The highest BCUT2D eigenvalue weighted by molar-refractivity contribution is 8.00. The molecule has 0 unspecified atom stereocenters. The third-order valence-corrected chi connectivity index (χ3v) is 8.39. The molecule has 0 heterocycles. The van der Waals surface area contributed by atoms with E-state index in [1.54, 1.807) is 0 Å². The Kier molecular flexibility index (Phi) is 7.14. The fourth-order valence-corrected chi connectivity index (χ4v) is 4.70. The normalized spacial score (nSPS) is 12.2. The first-order chi connectivity index (χ1) is 14.3. The van der Waals surface area contributed by atoms with Crippen LogP contribution < -0.4 is 0 Å². The summed E-state index contributed by atoms with van der Waals surface area (Å²) in [6.07, 6.45) is 3.52. The lowest BCUT2D eigenvalue weighted by molar-refractivity contribution is 0.506. The first-order valence-electron chi connectivity index (χ1n) is 11.3. The van der Waals surface area contributed by atoms with Crippen molar-refractivity contribution in [2.45, 2.75) is 75.9 Å². The Morgan fingerprint density at radius 2 is 0.900 bits per heavy atom. The molecule has 0 N–H and O–H groups in total. The molecule has 0 fully saturated rings. The predicted molar refractivity (Wildman–Crippen MR) is 135 cm³/mol. The Morgan fingerprint density at radius 1 is 0.533 bits per heavy atom. The maximum absolute atomic E-state index is 2.36. The molecule has 1 heteroatoms. The van der Waals surface area contributed by atoms with Crippen LogP contribution in [0.5, 0.6) is 0 Å². The zero-order valence-corrected chi connectivity index (χ0v) is 20.3. The van der Waals surface area contributed by atoms with Gasteiger partial charge in [-0.3, -0.25) is 0 Å². The van der Waals surface area contributed by atoms with Gasteiger partial charge in [-0.05, 0) is 64.6 Å². The predicted octanol–water partition coefficient (Wildman–Crippen LogP) is 9.38. The molecule has 0 aromatic heterocycles. The third kappa shape index (κ3) is 5.19. The van der Waals surface area contributed by atoms with E-state index in [4.69, 9.17) is 0 Å². The van der Waals surface area contributed by atoms with Crippen molar-refractivity contribution < 1.29 is 0 Å². The van der Waals surface area contributed by atoms with Crippen molar-refractivity contribution >= 4 is 11.8 Å². The molecule has 0 bridgehead atoms. The summed E-state index contributed by atoms with van der Waals surface area (Å²) in [5.41, 5.74) is 6.74. The molecule has 3 rings (SSSR count). The Bertz CT molecular complexity index is 927. The molecule has 0 nitrogen and oxygen atoms in total. The highest BCUT2D eigenvalue weighted by Crippen LogP contribution is 2.38. The van der Waals surface area contributed by atoms with Gasteiger partial charge in [0, 0.05) is 9.64 Å². The van der Waals surface area contributed by atoms with E-state index >= 15 is 0 Å². The summed E-state index contributed by atoms with van der Waals surface area (Å²) in [5.74, 6) is 0. The van der Waals surface area contributed by atoms with Crippen LogP contribution in [0.25, 0.3) is 22.3 Å². The molecule has 3 aromatic carbocycles. The van der Waals surface area contributed by atoms with Gasteiger partial charge >= 0.3 is 0 Å². The van der Waals surface area contributed by atoms with E-state index < -0.39 is 0 Å². The fourth-order valence-electron chi connectivity index (χ4n) is 3.57. The van der Waals surface area contributed by atoms with E-state index in [0.717, 1.165) is 6.42 Å². The van der Waals surface area contributed by atoms with Gasteiger partial charge in [0.25, 0.3) is 0 Å². The molecule has 3 aromatic rings. The average molecular weight is 417 g/mol. The second-order valence-electron chi connectivity index (χ2n) is 9.18. The van der Waals surface area contributed by atoms with Crippen molar-refractivity contribution in [3.05, 3.63) is 78.4 Å². The van der Waals surface area contributed by atoms with Crippen molar-refractivity contribution in [2.24, 2.45) is 0 Å². The standard InChI is InChI=1S/C29H36S/c1-7-28(4,5)26-18-14-24(15-19-26)22-10-12-23(13-11-22)25-16-20-27(21-17-25)30-29(6,8-2)9-3/h10-21H,7-9H2,1-6H3. The van der Waals surface area contributed by atoms with Crippen LogP contribution in [-0.4, -0.2) is 4.75 Å². The number of benzene rings is 3. The zero-order chi connectivity index (χ0) is 21.8. The Morgan fingerprint density at radius 3 is 1.27 bits per heavy atom. The van der Waals surface area contributed by atoms with E-state index in [2.05, 4.69) is 114 Å². The minimum absolute atomic E-state index is 0.235. The maximum atomic E-state index is 2.36. The van der Waals surface area contributed by atoms with Crippen LogP contribution in [-0.2, 0) is 5.41 Å². The lowest BCUT2D eigenvalue weighted by Crippen LogP contribution is -2.16. The molecule has 0 atom stereocenters. The van der Waals surface area contributed by atoms with Gasteiger partial charge in [-0.15, -0.1) is 11.8 Å². The molecule has 158 valence electrons. The minimum atomic E-state index is 0.235. The summed E-state index contributed by atoms with van der Waals surface area (Å²) < 4.78 is 0.324. The lowest BCUT2D eigenvalue weighted by Gasteiger charge is -2.25. The van der Waals surface area contributed by atoms with Gasteiger partial charge < -0.3 is 0 Å². The van der Waals surface area contributed by atoms with E-state index in [-0.39, 0.29) is 5.41 Å². The summed E-state index contributed by atoms with van der Waals surface area (Å²) in [5, 5.41) is 0. The zero-order valence-electron chi connectivity index (χ0n) is 19.5. The molecule has 0 amide bonds. The third-order valence-electron chi connectivity index (χ3n) is 6.82. The van der Waals surface area contributed by atoms with Gasteiger partial charge in [0.15, 0.2) is 0 Å². The van der Waals surface area contributed by atoms with E-state index in [0.29, 0.717) is 4.75 Å². The molecule has 0 aliphatic rings. The molecule has 0 radical (unpaired) electrons. The van der Waals surface area contributed by atoms with E-state index in [9.17, 15) is 0 Å². The largest absolute Gasteiger partial charge is 0.120 e. The van der Waals surface area contributed by atoms with Crippen LogP contribution in [0, 0.1) is 0 Å². The van der Waals surface area contributed by atoms with E-state index in [1.165, 1.54) is 45.6 Å². The van der Waals surface area contributed by atoms with Crippen LogP contribution in [0.15, 0.2) is 77.7 Å². The highest BCUT2D eigenvalue weighted by Gasteiger charge is 2.21. The summed E-state index contributed by atoms with van der Waals surface area (Å²) >= 11 is 2.00. The number of rotatable bonds is 8. The highest BCUT2D eigenvalue weighted by atomic mass is 32.2. The lowest BCUT2D eigenvalue weighted by atomic mass is 9.82. The van der Waals surface area contributed by atoms with E-state index in [1.807, 2.05) is 11.8 Å². The molecular weight excluding hydrogens is 380 g/mol. The summed E-state index contributed by atoms with van der Waals surface area (Å²) in [7, 11) is 0. The van der Waals surface area contributed by atoms with Gasteiger partial charge in [0.05, 0.1) is 0 Å². The molecule has 30 heavy (non-hydrogen) atoms. The van der Waals surface area contributed by atoms with Crippen LogP contribution in [0.3, 0.4) is 0 Å².